The number of alkyl halides is 2. The summed E-state index contributed by atoms with van der Waals surface area (Å²) >= 11 is 0. The van der Waals surface area contributed by atoms with E-state index in [1.54, 1.807) is 17.0 Å². The average Bonchev–Trinajstić information content (AvgIpc) is 3.28. The maximum Gasteiger partial charge on any atom is 0.387 e. The predicted octanol–water partition coefficient (Wildman–Crippen LogP) is 6.03. The van der Waals surface area contributed by atoms with E-state index in [0.29, 0.717) is 11.3 Å². The van der Waals surface area contributed by atoms with E-state index in [-0.39, 0.29) is 24.1 Å². The van der Waals surface area contributed by atoms with Gasteiger partial charge in [0.1, 0.15) is 17.5 Å². The lowest BCUT2D eigenvalue weighted by Crippen LogP contribution is -2.49. The molecule has 2 N–H and O–H groups in total. The van der Waals surface area contributed by atoms with Gasteiger partial charge in [0, 0.05) is 36.1 Å². The summed E-state index contributed by atoms with van der Waals surface area (Å²) in [6.07, 6.45) is 4.48. The third-order valence-electron chi connectivity index (χ3n) is 8.29. The molecule has 0 radical (unpaired) electrons. The highest BCUT2D eigenvalue weighted by Gasteiger charge is 2.58. The van der Waals surface area contributed by atoms with Gasteiger partial charge in [0.2, 0.25) is 5.91 Å². The third kappa shape index (κ3) is 6.40. The summed E-state index contributed by atoms with van der Waals surface area (Å²) in [4.78, 5) is 28.7. The molecule has 2 aromatic carbocycles. The van der Waals surface area contributed by atoms with Crippen molar-refractivity contribution >= 4 is 11.9 Å². The van der Waals surface area contributed by atoms with E-state index < -0.39 is 42.0 Å². The molecule has 7 nitrogen and oxygen atoms in total. The fourth-order valence-electron chi connectivity index (χ4n) is 6.53. The van der Waals surface area contributed by atoms with Gasteiger partial charge in [-0.2, -0.15) is 8.78 Å². The van der Waals surface area contributed by atoms with Crippen molar-refractivity contribution < 1.29 is 33.0 Å². The van der Waals surface area contributed by atoms with Crippen LogP contribution in [-0.2, 0) is 16.1 Å². The number of ether oxygens (including phenoxy) is 2. The van der Waals surface area contributed by atoms with Gasteiger partial charge in [-0.15, -0.1) is 0 Å². The Morgan fingerprint density at radius 1 is 1.07 bits per heavy atom. The number of methoxy groups -OCH3 is 1. The second-order valence-corrected chi connectivity index (χ2v) is 11.9. The van der Waals surface area contributed by atoms with Crippen LogP contribution in [0.15, 0.2) is 48.5 Å². The second-order valence-electron chi connectivity index (χ2n) is 11.9. The third-order valence-corrected chi connectivity index (χ3v) is 8.29. The van der Waals surface area contributed by atoms with E-state index in [2.05, 4.69) is 5.32 Å². The van der Waals surface area contributed by atoms with Crippen molar-refractivity contribution in [1.82, 2.24) is 10.2 Å². The van der Waals surface area contributed by atoms with Gasteiger partial charge in [0.05, 0.1) is 13.2 Å². The minimum Gasteiger partial charge on any atom is -0.497 e. The number of nitrogens with one attached hydrogen (secondary N) is 1. The van der Waals surface area contributed by atoms with Gasteiger partial charge in [-0.25, -0.2) is 4.79 Å². The number of carbonyl (C=O) groups excluding carboxylic acids is 1. The normalized spacial score (nSPS) is 23.8. The van der Waals surface area contributed by atoms with E-state index in [1.165, 1.54) is 13.2 Å². The second kappa shape index (κ2) is 12.5. The van der Waals surface area contributed by atoms with Crippen LogP contribution in [0.25, 0.3) is 0 Å². The molecule has 4 rings (SSSR count). The monoisotopic (exact) mass is 558 g/mol. The number of halogens is 2. The number of carbonyl (C=O) groups is 2. The van der Waals surface area contributed by atoms with Crippen molar-refractivity contribution in [1.29, 1.82) is 0 Å². The minimum atomic E-state index is -3.02. The maximum absolute atomic E-state index is 14.2. The zero-order chi connectivity index (χ0) is 29.0. The molecule has 1 saturated carbocycles. The van der Waals surface area contributed by atoms with E-state index in [9.17, 15) is 23.5 Å². The first-order chi connectivity index (χ1) is 19.0. The number of amides is 1. The fraction of sp³-hybridized carbons (Fsp3) is 0.548. The highest BCUT2D eigenvalue weighted by atomic mass is 19.3. The molecular formula is C31H40F2N2O5. The van der Waals surface area contributed by atoms with E-state index in [0.717, 1.165) is 37.7 Å². The number of nitrogens with zero attached hydrogens (tertiary/aromatic N) is 1. The van der Waals surface area contributed by atoms with Crippen LogP contribution in [0.3, 0.4) is 0 Å². The van der Waals surface area contributed by atoms with Crippen molar-refractivity contribution in [3.05, 3.63) is 59.7 Å². The Labute approximate surface area is 234 Å². The first-order valence-electron chi connectivity index (χ1n) is 14.0. The molecule has 4 atom stereocenters. The number of carboxylic acid groups (broad SMARTS) is 1. The van der Waals surface area contributed by atoms with Crippen LogP contribution < -0.4 is 14.8 Å². The van der Waals surface area contributed by atoms with Crippen LogP contribution in [0.5, 0.6) is 11.5 Å². The molecular weight excluding hydrogens is 518 g/mol. The summed E-state index contributed by atoms with van der Waals surface area (Å²) < 4.78 is 36.5. The standard InChI is InChI=1S/C31H40F2N2O5/c1-31(2,3)24-25(34-18-21-15-16-22(39-4)17-23(21)40-30(32)33)26(19-11-7-5-8-12-19)35(27(24)29(37)38)28(36)20-13-9-6-10-14-20/h5,7-8,11-12,15-17,20,24-27,30,34H,6,9-10,13-14,18H2,1-4H3,(H,37,38). The van der Waals surface area contributed by atoms with E-state index >= 15 is 0 Å². The van der Waals surface area contributed by atoms with E-state index in [1.807, 2.05) is 51.1 Å². The Hall–Kier alpha value is -3.20. The lowest BCUT2D eigenvalue weighted by Gasteiger charge is -2.36. The van der Waals surface area contributed by atoms with Gasteiger partial charge in [-0.05, 0) is 29.9 Å². The molecule has 1 aliphatic heterocycles. The smallest absolute Gasteiger partial charge is 0.387 e. The van der Waals surface area contributed by atoms with Crippen molar-refractivity contribution in [3.63, 3.8) is 0 Å². The molecule has 0 aromatic heterocycles. The molecule has 1 amide bonds. The minimum absolute atomic E-state index is 0.0201. The molecule has 1 aliphatic carbocycles. The van der Waals surface area contributed by atoms with E-state index in [4.69, 9.17) is 9.47 Å². The van der Waals surface area contributed by atoms with Crippen LogP contribution in [0.4, 0.5) is 8.78 Å². The summed E-state index contributed by atoms with van der Waals surface area (Å²) in [5, 5.41) is 14.1. The molecule has 40 heavy (non-hydrogen) atoms. The van der Waals surface area contributed by atoms with Crippen molar-refractivity contribution in [2.45, 2.75) is 84.2 Å². The quantitative estimate of drug-likeness (QED) is 0.391. The Balaban J connectivity index is 1.78. The number of carboxylic acids is 1. The average molecular weight is 559 g/mol. The summed E-state index contributed by atoms with van der Waals surface area (Å²) in [5.74, 6) is -1.49. The van der Waals surface area contributed by atoms with Crippen molar-refractivity contribution in [3.8, 4) is 11.5 Å². The van der Waals surface area contributed by atoms with Crippen molar-refractivity contribution in [2.24, 2.45) is 17.3 Å². The summed E-state index contributed by atoms with van der Waals surface area (Å²) in [5.41, 5.74) is 0.808. The molecule has 1 heterocycles. The Morgan fingerprint density at radius 2 is 1.75 bits per heavy atom. The molecule has 2 aliphatic rings. The molecule has 4 unspecified atom stereocenters. The molecule has 2 aromatic rings. The summed E-state index contributed by atoms with van der Waals surface area (Å²) in [6, 6.07) is 12.1. The number of likely N-dealkylation sites (tertiary alicyclic amines) is 1. The highest BCUT2D eigenvalue weighted by molar-refractivity contribution is 5.87. The first-order valence-corrected chi connectivity index (χ1v) is 14.0. The Kier molecular flexibility index (Phi) is 9.33. The number of hydrogen-bond donors (Lipinski definition) is 2. The zero-order valence-electron chi connectivity index (χ0n) is 23.6. The predicted molar refractivity (Wildman–Crippen MR) is 147 cm³/mol. The Bertz CT molecular complexity index is 1160. The SMILES string of the molecule is COc1ccc(CNC2C(c3ccccc3)N(C(=O)C3CCCCC3)C(C(=O)O)C2C(C)(C)C)c(OC(F)F)c1. The van der Waals surface area contributed by atoms with Crippen LogP contribution >= 0.6 is 0 Å². The van der Waals surface area contributed by atoms with Crippen LogP contribution in [-0.4, -0.2) is 47.7 Å². The lowest BCUT2D eigenvalue weighted by atomic mass is 9.72. The van der Waals surface area contributed by atoms with Gasteiger partial charge >= 0.3 is 12.6 Å². The fourth-order valence-corrected chi connectivity index (χ4v) is 6.53. The van der Waals surface area contributed by atoms with Crippen LogP contribution in [0.2, 0.25) is 0 Å². The largest absolute Gasteiger partial charge is 0.497 e. The topological polar surface area (TPSA) is 88.1 Å². The number of aliphatic carboxylic acids is 1. The van der Waals surface area contributed by atoms with Crippen LogP contribution in [0, 0.1) is 17.3 Å². The van der Waals surface area contributed by atoms with Crippen molar-refractivity contribution in [2.75, 3.05) is 7.11 Å². The number of rotatable bonds is 9. The molecule has 9 heteroatoms. The van der Waals surface area contributed by atoms with Gasteiger partial charge in [-0.3, -0.25) is 4.79 Å². The van der Waals surface area contributed by atoms with Crippen LogP contribution in [0.1, 0.15) is 70.0 Å². The lowest BCUT2D eigenvalue weighted by molar-refractivity contribution is -0.154. The molecule has 0 bridgehead atoms. The molecule has 1 saturated heterocycles. The molecule has 218 valence electrons. The Morgan fingerprint density at radius 3 is 2.33 bits per heavy atom. The number of benzene rings is 2. The van der Waals surface area contributed by atoms with Gasteiger partial charge in [-0.1, -0.05) is 76.4 Å². The first kappa shape index (κ1) is 29.8. The summed E-state index contributed by atoms with van der Waals surface area (Å²) in [6.45, 7) is 3.06. The molecule has 0 spiro atoms. The highest BCUT2D eigenvalue weighted by Crippen LogP contribution is 2.49. The zero-order valence-corrected chi connectivity index (χ0v) is 23.6. The number of hydrogen-bond acceptors (Lipinski definition) is 5. The summed E-state index contributed by atoms with van der Waals surface area (Å²) in [7, 11) is 1.44. The van der Waals surface area contributed by atoms with Gasteiger partial charge in [0.15, 0.2) is 0 Å². The van der Waals surface area contributed by atoms with Gasteiger partial charge < -0.3 is 24.8 Å². The maximum atomic E-state index is 14.2. The van der Waals surface area contributed by atoms with Gasteiger partial charge in [0.25, 0.3) is 0 Å². The molecule has 2 fully saturated rings.